The number of nitrogens with zero attached hydrogens (tertiary/aromatic N) is 3. The molecular formula is C24H24N4O5S2. The first-order chi connectivity index (χ1) is 16.7. The molecule has 2 aliphatic rings. The summed E-state index contributed by atoms with van der Waals surface area (Å²) < 4.78 is 35.5. The molecule has 182 valence electrons. The first-order valence-electron chi connectivity index (χ1n) is 10.8. The summed E-state index contributed by atoms with van der Waals surface area (Å²) in [4.78, 5) is 16.4. The molecule has 2 aromatic carbocycles. The molecule has 9 nitrogen and oxygen atoms in total. The number of fused-ring (bicyclic) bond motifs is 1. The summed E-state index contributed by atoms with van der Waals surface area (Å²) in [5.41, 5.74) is 3.06. The number of ether oxygens (including phenoxy) is 2. The standard InChI is InChI=1S/C24H24N4O5S2/c1-4-35(30,31)24-27-28-21(25)20(22(29)26-23(28)34-24)14-17-6-9-18(10-7-17)32-11-12-33-19-8-5-15(2)16(3)13-19/h5-10,13-14,25H,4,11-12H2,1-3H3/b20-14-,25-21?. The van der Waals surface area contributed by atoms with Crippen LogP contribution in [0.5, 0.6) is 11.5 Å². The maximum Gasteiger partial charge on any atom is 0.283 e. The number of carbonyl (C=O) groups is 1. The van der Waals surface area contributed by atoms with E-state index >= 15 is 0 Å². The van der Waals surface area contributed by atoms with Gasteiger partial charge in [-0.3, -0.25) is 10.2 Å². The minimum atomic E-state index is -3.57. The molecule has 0 radical (unpaired) electrons. The number of hydrogen-bond acceptors (Lipinski definition) is 8. The van der Waals surface area contributed by atoms with Gasteiger partial charge in [0.2, 0.25) is 19.4 Å². The van der Waals surface area contributed by atoms with Gasteiger partial charge in [0.1, 0.15) is 24.7 Å². The van der Waals surface area contributed by atoms with Crippen molar-refractivity contribution < 1.29 is 22.7 Å². The van der Waals surface area contributed by atoms with Gasteiger partial charge in [0.25, 0.3) is 5.91 Å². The van der Waals surface area contributed by atoms with Gasteiger partial charge in [-0.1, -0.05) is 25.1 Å². The van der Waals surface area contributed by atoms with Gasteiger partial charge >= 0.3 is 0 Å². The number of aliphatic imine (C=N–C) groups is 1. The van der Waals surface area contributed by atoms with Crippen LogP contribution in [0.2, 0.25) is 0 Å². The molecule has 2 aliphatic heterocycles. The highest BCUT2D eigenvalue weighted by atomic mass is 32.3. The molecule has 0 fully saturated rings. The van der Waals surface area contributed by atoms with Gasteiger partial charge in [0.15, 0.2) is 5.84 Å². The number of hydrazone groups is 1. The molecule has 0 saturated carbocycles. The van der Waals surface area contributed by atoms with E-state index in [1.807, 2.05) is 25.1 Å². The number of benzene rings is 2. The van der Waals surface area contributed by atoms with Crippen molar-refractivity contribution in [2.24, 2.45) is 10.1 Å². The number of aryl methyl sites for hydroxylation is 2. The van der Waals surface area contributed by atoms with E-state index in [1.54, 1.807) is 24.3 Å². The zero-order valence-corrected chi connectivity index (χ0v) is 21.1. The first-order valence-corrected chi connectivity index (χ1v) is 13.3. The van der Waals surface area contributed by atoms with E-state index < -0.39 is 15.7 Å². The van der Waals surface area contributed by atoms with Crippen LogP contribution >= 0.6 is 11.8 Å². The Morgan fingerprint density at radius 3 is 2.34 bits per heavy atom. The topological polar surface area (TPSA) is 121 Å². The van der Waals surface area contributed by atoms with Crippen molar-refractivity contribution in [3.05, 3.63) is 64.7 Å². The van der Waals surface area contributed by atoms with Gasteiger partial charge in [0.05, 0.1) is 11.3 Å². The predicted molar refractivity (Wildman–Crippen MR) is 138 cm³/mol. The van der Waals surface area contributed by atoms with E-state index in [9.17, 15) is 13.2 Å². The van der Waals surface area contributed by atoms with Crippen molar-refractivity contribution in [3.63, 3.8) is 0 Å². The van der Waals surface area contributed by atoms with Crippen LogP contribution in [0.25, 0.3) is 6.08 Å². The minimum Gasteiger partial charge on any atom is -0.490 e. The predicted octanol–water partition coefficient (Wildman–Crippen LogP) is 3.77. The highest BCUT2D eigenvalue weighted by molar-refractivity contribution is 8.42. The Morgan fingerprint density at radius 1 is 1.03 bits per heavy atom. The van der Waals surface area contributed by atoms with Crippen LogP contribution in [-0.4, -0.2) is 53.7 Å². The highest BCUT2D eigenvalue weighted by Gasteiger charge is 2.39. The number of amides is 1. The van der Waals surface area contributed by atoms with Crippen molar-refractivity contribution in [2.75, 3.05) is 19.0 Å². The molecule has 0 aliphatic carbocycles. The Labute approximate surface area is 208 Å². The quantitative estimate of drug-likeness (QED) is 0.443. The van der Waals surface area contributed by atoms with Gasteiger partial charge in [-0.25, -0.2) is 8.42 Å². The molecule has 0 atom stereocenters. The Morgan fingerprint density at radius 2 is 1.69 bits per heavy atom. The van der Waals surface area contributed by atoms with Crippen LogP contribution in [0.4, 0.5) is 0 Å². The van der Waals surface area contributed by atoms with Crippen molar-refractivity contribution in [2.45, 2.75) is 20.8 Å². The third-order valence-electron chi connectivity index (χ3n) is 5.37. The van der Waals surface area contributed by atoms with E-state index in [0.717, 1.165) is 22.5 Å². The van der Waals surface area contributed by atoms with Crippen LogP contribution in [0.15, 0.2) is 58.1 Å². The SMILES string of the molecule is CCS(=O)(=O)C1=NN2C(=N)/C(=C/c3ccc(OCCOc4ccc(C)c(C)c4)cc3)C(=O)N=C2S1. The van der Waals surface area contributed by atoms with E-state index in [1.165, 1.54) is 24.1 Å². The minimum absolute atomic E-state index is 0.0173. The van der Waals surface area contributed by atoms with Crippen molar-refractivity contribution in [1.82, 2.24) is 5.01 Å². The summed E-state index contributed by atoms with van der Waals surface area (Å²) in [6, 6.07) is 12.9. The Hall–Kier alpha value is -3.44. The van der Waals surface area contributed by atoms with Crippen LogP contribution in [0.1, 0.15) is 23.6 Å². The molecular weight excluding hydrogens is 488 g/mol. The monoisotopic (exact) mass is 512 g/mol. The number of rotatable bonds is 7. The second-order valence-corrected chi connectivity index (χ2v) is 11.2. The Kier molecular flexibility index (Phi) is 7.08. The number of sulfone groups is 1. The summed E-state index contributed by atoms with van der Waals surface area (Å²) >= 11 is 0.775. The lowest BCUT2D eigenvalue weighted by atomic mass is 10.1. The maximum atomic E-state index is 12.5. The van der Waals surface area contributed by atoms with Crippen LogP contribution < -0.4 is 9.47 Å². The van der Waals surface area contributed by atoms with Gasteiger partial charge < -0.3 is 9.47 Å². The van der Waals surface area contributed by atoms with Gasteiger partial charge in [-0.2, -0.15) is 10.0 Å². The summed E-state index contributed by atoms with van der Waals surface area (Å²) in [5.74, 6) is 0.455. The second kappa shape index (κ2) is 10.0. The van der Waals surface area contributed by atoms with Gasteiger partial charge in [0, 0.05) is 0 Å². The lowest BCUT2D eigenvalue weighted by molar-refractivity contribution is -0.114. The number of thioether (sulfide) groups is 1. The molecule has 11 heteroatoms. The molecule has 4 rings (SSSR count). The van der Waals surface area contributed by atoms with Crippen LogP contribution in [0.3, 0.4) is 0 Å². The van der Waals surface area contributed by atoms with E-state index in [0.29, 0.717) is 24.5 Å². The maximum absolute atomic E-state index is 12.5. The normalized spacial score (nSPS) is 16.8. The average molecular weight is 513 g/mol. The Balaban J connectivity index is 1.38. The van der Waals surface area contributed by atoms with Crippen molar-refractivity contribution in [1.29, 1.82) is 5.41 Å². The summed E-state index contributed by atoms with van der Waals surface area (Å²) in [6.07, 6.45) is 1.52. The number of amidine groups is 2. The van der Waals surface area contributed by atoms with Crippen molar-refractivity contribution in [3.8, 4) is 11.5 Å². The fourth-order valence-corrected chi connectivity index (χ4v) is 5.34. The molecule has 0 saturated heterocycles. The molecule has 2 heterocycles. The zero-order valence-electron chi connectivity index (χ0n) is 19.4. The van der Waals surface area contributed by atoms with Gasteiger partial charge in [-0.05, 0) is 72.6 Å². The fourth-order valence-electron chi connectivity index (χ4n) is 3.17. The molecule has 0 spiro atoms. The summed E-state index contributed by atoms with van der Waals surface area (Å²) in [6.45, 7) is 6.35. The van der Waals surface area contributed by atoms with E-state index in [-0.39, 0.29) is 26.7 Å². The molecule has 0 aromatic heterocycles. The van der Waals surface area contributed by atoms with E-state index in [4.69, 9.17) is 14.9 Å². The summed E-state index contributed by atoms with van der Waals surface area (Å²) in [5, 5.41) is 13.5. The fraction of sp³-hybridized carbons (Fsp3) is 0.250. The average Bonchev–Trinajstić information content (AvgIpc) is 3.28. The lowest BCUT2D eigenvalue weighted by Gasteiger charge is -2.20. The molecule has 1 N–H and O–H groups in total. The third-order valence-corrected chi connectivity index (χ3v) is 8.46. The largest absolute Gasteiger partial charge is 0.490 e. The third kappa shape index (κ3) is 5.46. The number of carbonyl (C=O) groups excluding carboxylic acids is 1. The van der Waals surface area contributed by atoms with Crippen molar-refractivity contribution >= 4 is 49.0 Å². The highest BCUT2D eigenvalue weighted by Crippen LogP contribution is 2.30. The molecule has 1 amide bonds. The van der Waals surface area contributed by atoms with Crippen LogP contribution in [0, 0.1) is 19.3 Å². The molecule has 0 unspecified atom stereocenters. The lowest BCUT2D eigenvalue weighted by Crippen LogP contribution is -2.35. The van der Waals surface area contributed by atoms with Gasteiger partial charge in [-0.15, -0.1) is 5.10 Å². The number of hydrogen-bond donors (Lipinski definition) is 1. The summed E-state index contributed by atoms with van der Waals surface area (Å²) in [7, 11) is -3.57. The number of nitrogens with one attached hydrogen (secondary N) is 1. The van der Waals surface area contributed by atoms with E-state index in [2.05, 4.69) is 17.0 Å². The zero-order chi connectivity index (χ0) is 25.2. The molecule has 0 bridgehead atoms. The molecule has 2 aromatic rings. The first kappa shape index (κ1) is 24.7. The Bertz CT molecular complexity index is 1380. The molecule has 35 heavy (non-hydrogen) atoms. The van der Waals surface area contributed by atoms with Crippen LogP contribution in [-0.2, 0) is 14.6 Å². The second-order valence-electron chi connectivity index (χ2n) is 7.80. The smallest absolute Gasteiger partial charge is 0.283 e.